The average Bonchev–Trinajstić information content (AvgIpc) is 2.92. The third kappa shape index (κ3) is 1.58. The number of benzene rings is 2. The van der Waals surface area contributed by atoms with Gasteiger partial charge in [0.25, 0.3) is 0 Å². The van der Waals surface area contributed by atoms with Gasteiger partial charge in [0, 0.05) is 11.8 Å². The van der Waals surface area contributed by atoms with E-state index in [9.17, 15) is 4.39 Å². The van der Waals surface area contributed by atoms with Crippen molar-refractivity contribution >= 4 is 16.7 Å². The highest BCUT2D eigenvalue weighted by atomic mass is 19.1. The molecule has 96 valence electrons. The molecule has 0 fully saturated rings. The van der Waals surface area contributed by atoms with Gasteiger partial charge >= 0.3 is 0 Å². The van der Waals surface area contributed by atoms with Crippen LogP contribution in [0.4, 0.5) is 4.39 Å². The molecule has 20 heavy (non-hydrogen) atoms. The molecule has 0 saturated carbocycles. The number of para-hydroxylation sites is 2. The van der Waals surface area contributed by atoms with Crippen LogP contribution >= 0.6 is 0 Å². The molecule has 2 aromatic heterocycles. The van der Waals surface area contributed by atoms with Gasteiger partial charge in [0.1, 0.15) is 5.82 Å². The van der Waals surface area contributed by atoms with E-state index in [4.69, 9.17) is 0 Å². The van der Waals surface area contributed by atoms with Crippen LogP contribution < -0.4 is 0 Å². The summed E-state index contributed by atoms with van der Waals surface area (Å²) in [5.74, 6) is -0.270. The summed E-state index contributed by atoms with van der Waals surface area (Å²) in [4.78, 5) is 8.82. The van der Waals surface area contributed by atoms with Crippen LogP contribution in [0, 0.1) is 5.82 Å². The molecule has 4 heteroatoms. The molecule has 0 amide bonds. The molecule has 0 bridgehead atoms. The second-order valence-corrected chi connectivity index (χ2v) is 4.58. The minimum absolute atomic E-state index is 0.270. The molecule has 0 N–H and O–H groups in total. The van der Waals surface area contributed by atoms with E-state index in [0.29, 0.717) is 16.9 Å². The minimum Gasteiger partial charge on any atom is -0.296 e. The van der Waals surface area contributed by atoms with Crippen LogP contribution in [0.2, 0.25) is 0 Å². The summed E-state index contributed by atoms with van der Waals surface area (Å²) in [5.41, 5.74) is 3.67. The molecule has 3 nitrogen and oxygen atoms in total. The van der Waals surface area contributed by atoms with E-state index >= 15 is 0 Å². The van der Waals surface area contributed by atoms with E-state index < -0.39 is 0 Å². The Morgan fingerprint density at radius 2 is 1.75 bits per heavy atom. The number of hydrogen-bond acceptors (Lipinski definition) is 2. The number of aromatic nitrogens is 3. The fourth-order valence-electron chi connectivity index (χ4n) is 2.38. The van der Waals surface area contributed by atoms with Gasteiger partial charge in [0.05, 0.1) is 22.9 Å². The maximum Gasteiger partial charge on any atom is 0.156 e. The van der Waals surface area contributed by atoms with Crippen LogP contribution in [0.3, 0.4) is 0 Å². The van der Waals surface area contributed by atoms with Gasteiger partial charge in [-0.1, -0.05) is 24.3 Å². The fourth-order valence-corrected chi connectivity index (χ4v) is 2.38. The topological polar surface area (TPSA) is 30.2 Å². The van der Waals surface area contributed by atoms with Crippen molar-refractivity contribution < 1.29 is 4.39 Å². The lowest BCUT2D eigenvalue weighted by Crippen LogP contribution is -1.88. The molecule has 0 aliphatic carbocycles. The number of hydrogen-bond donors (Lipinski definition) is 0. The lowest BCUT2D eigenvalue weighted by Gasteiger charge is -1.99. The van der Waals surface area contributed by atoms with Gasteiger partial charge in [-0.15, -0.1) is 0 Å². The van der Waals surface area contributed by atoms with Crippen LogP contribution in [0.25, 0.3) is 27.9 Å². The smallest absolute Gasteiger partial charge is 0.156 e. The van der Waals surface area contributed by atoms with E-state index in [2.05, 4.69) is 9.97 Å². The summed E-state index contributed by atoms with van der Waals surface area (Å²) in [7, 11) is 0. The van der Waals surface area contributed by atoms with E-state index in [1.54, 1.807) is 24.4 Å². The molecule has 4 rings (SSSR count). The molecule has 0 aliphatic heterocycles. The molecule has 0 saturated heterocycles. The van der Waals surface area contributed by atoms with Crippen molar-refractivity contribution in [3.8, 4) is 11.3 Å². The van der Waals surface area contributed by atoms with Gasteiger partial charge < -0.3 is 0 Å². The number of imidazole rings is 1. The lowest BCUT2D eigenvalue weighted by atomic mass is 10.1. The molecule has 0 spiro atoms. The van der Waals surface area contributed by atoms with Crippen molar-refractivity contribution in [2.75, 3.05) is 0 Å². The van der Waals surface area contributed by atoms with Crippen LogP contribution in [0.15, 0.2) is 60.9 Å². The molecule has 0 radical (unpaired) electrons. The predicted molar refractivity (Wildman–Crippen MR) is 75.9 cm³/mol. The van der Waals surface area contributed by atoms with Crippen LogP contribution in [-0.2, 0) is 0 Å². The molecule has 4 aromatic rings. The Balaban J connectivity index is 2.04. The van der Waals surface area contributed by atoms with Gasteiger partial charge in [0.2, 0.25) is 0 Å². The molecule has 0 aliphatic rings. The number of fused-ring (bicyclic) bond motifs is 3. The highest BCUT2D eigenvalue weighted by molar-refractivity contribution is 5.78. The third-order valence-corrected chi connectivity index (χ3v) is 3.34. The number of nitrogens with zero attached hydrogens (tertiary/aromatic N) is 3. The quantitative estimate of drug-likeness (QED) is 0.524. The van der Waals surface area contributed by atoms with Crippen molar-refractivity contribution in [1.29, 1.82) is 0 Å². The Morgan fingerprint density at radius 1 is 0.950 bits per heavy atom. The third-order valence-electron chi connectivity index (χ3n) is 3.34. The fraction of sp³-hybridized carbons (Fsp3) is 0. The highest BCUT2D eigenvalue weighted by Crippen LogP contribution is 2.23. The van der Waals surface area contributed by atoms with Gasteiger partial charge in [-0.25, -0.2) is 9.37 Å². The molecule has 0 atom stereocenters. The summed E-state index contributed by atoms with van der Waals surface area (Å²) >= 11 is 0. The van der Waals surface area contributed by atoms with E-state index in [0.717, 1.165) is 11.0 Å². The molecule has 2 heterocycles. The maximum atomic E-state index is 13.9. The Kier molecular flexibility index (Phi) is 2.29. The van der Waals surface area contributed by atoms with Gasteiger partial charge in [-0.05, 0) is 24.3 Å². The minimum atomic E-state index is -0.270. The Morgan fingerprint density at radius 3 is 2.65 bits per heavy atom. The predicted octanol–water partition coefficient (Wildman–Crippen LogP) is 3.69. The first-order valence-electron chi connectivity index (χ1n) is 6.31. The SMILES string of the molecule is Fc1ccccc1-c1cn2c(cnc3ccccc32)n1. The maximum absolute atomic E-state index is 13.9. The zero-order valence-corrected chi connectivity index (χ0v) is 10.5. The first-order chi connectivity index (χ1) is 9.83. The van der Waals surface area contributed by atoms with Crippen LogP contribution in [0.1, 0.15) is 0 Å². The molecular formula is C16H10FN3. The Labute approximate surface area is 114 Å². The van der Waals surface area contributed by atoms with Crippen LogP contribution in [-0.4, -0.2) is 14.4 Å². The van der Waals surface area contributed by atoms with Crippen molar-refractivity contribution in [2.45, 2.75) is 0 Å². The summed E-state index contributed by atoms with van der Waals surface area (Å²) in [5, 5.41) is 0. The zero-order chi connectivity index (χ0) is 13.5. The summed E-state index contributed by atoms with van der Waals surface area (Å²) in [6.45, 7) is 0. The van der Waals surface area contributed by atoms with Crippen molar-refractivity contribution in [3.05, 3.63) is 66.7 Å². The standard InChI is InChI=1S/C16H10FN3/c17-12-6-2-1-5-11(12)14-10-20-15-8-4-3-7-13(15)18-9-16(20)19-14/h1-10H. The summed E-state index contributed by atoms with van der Waals surface area (Å²) in [6.07, 6.45) is 3.55. The number of halogens is 1. The highest BCUT2D eigenvalue weighted by Gasteiger charge is 2.10. The van der Waals surface area contributed by atoms with Gasteiger partial charge in [-0.2, -0.15) is 0 Å². The molecule has 0 unspecified atom stereocenters. The first-order valence-corrected chi connectivity index (χ1v) is 6.31. The summed E-state index contributed by atoms with van der Waals surface area (Å²) < 4.78 is 15.8. The summed E-state index contributed by atoms with van der Waals surface area (Å²) in [6, 6.07) is 14.5. The molecular weight excluding hydrogens is 253 g/mol. The Bertz CT molecular complexity index is 927. The van der Waals surface area contributed by atoms with E-state index in [1.165, 1.54) is 6.07 Å². The lowest BCUT2D eigenvalue weighted by molar-refractivity contribution is 0.631. The normalized spacial score (nSPS) is 11.2. The van der Waals surface area contributed by atoms with Crippen molar-refractivity contribution in [2.24, 2.45) is 0 Å². The largest absolute Gasteiger partial charge is 0.296 e. The van der Waals surface area contributed by atoms with Crippen molar-refractivity contribution in [1.82, 2.24) is 14.4 Å². The van der Waals surface area contributed by atoms with Gasteiger partial charge in [0.15, 0.2) is 5.65 Å². The second-order valence-electron chi connectivity index (χ2n) is 4.58. The monoisotopic (exact) mass is 263 g/mol. The van der Waals surface area contributed by atoms with Crippen molar-refractivity contribution in [3.63, 3.8) is 0 Å². The second kappa shape index (κ2) is 4.13. The molecule has 2 aromatic carbocycles. The van der Waals surface area contributed by atoms with Gasteiger partial charge in [-0.3, -0.25) is 9.38 Å². The van der Waals surface area contributed by atoms with E-state index in [-0.39, 0.29) is 5.82 Å². The van der Waals surface area contributed by atoms with E-state index in [1.807, 2.05) is 34.9 Å². The zero-order valence-electron chi connectivity index (χ0n) is 10.5. The Hall–Kier alpha value is -2.75. The number of rotatable bonds is 1. The van der Waals surface area contributed by atoms with Crippen LogP contribution in [0.5, 0.6) is 0 Å². The average molecular weight is 263 g/mol. The first kappa shape index (κ1) is 11.1.